The standard InChI is InChI=1S/C15H19FN2O2/c1-3-11-9-18(7-6-14(11)17-20)15(19)13-5-4-12(16)8-10(13)2/h4-5,8,11,20H,3,6-7,9H2,1-2H3/b17-14+. The van der Waals surface area contributed by atoms with E-state index in [1.165, 1.54) is 18.2 Å². The summed E-state index contributed by atoms with van der Waals surface area (Å²) in [6.45, 7) is 4.82. The summed E-state index contributed by atoms with van der Waals surface area (Å²) in [6, 6.07) is 4.21. The smallest absolute Gasteiger partial charge is 0.254 e. The van der Waals surface area contributed by atoms with Crippen LogP contribution in [-0.2, 0) is 0 Å². The van der Waals surface area contributed by atoms with Crippen LogP contribution >= 0.6 is 0 Å². The Morgan fingerprint density at radius 1 is 1.55 bits per heavy atom. The molecule has 1 N–H and O–H groups in total. The third kappa shape index (κ3) is 2.81. The number of likely N-dealkylation sites (tertiary alicyclic amines) is 1. The van der Waals surface area contributed by atoms with Gasteiger partial charge in [-0.25, -0.2) is 4.39 Å². The van der Waals surface area contributed by atoms with Crippen LogP contribution in [0, 0.1) is 18.7 Å². The van der Waals surface area contributed by atoms with Crippen molar-refractivity contribution in [1.29, 1.82) is 0 Å². The molecule has 2 rings (SSSR count). The Kier molecular flexibility index (Phi) is 4.37. The van der Waals surface area contributed by atoms with Crippen LogP contribution in [0.15, 0.2) is 23.4 Å². The van der Waals surface area contributed by atoms with Crippen LogP contribution in [0.4, 0.5) is 4.39 Å². The van der Waals surface area contributed by atoms with E-state index in [-0.39, 0.29) is 17.6 Å². The molecular formula is C15H19FN2O2. The maximum Gasteiger partial charge on any atom is 0.254 e. The second-order valence-electron chi connectivity index (χ2n) is 5.16. The molecule has 1 atom stereocenters. The first-order valence-electron chi connectivity index (χ1n) is 6.83. The molecule has 0 aromatic heterocycles. The lowest BCUT2D eigenvalue weighted by atomic mass is 9.92. The maximum atomic E-state index is 13.1. The number of carbonyl (C=O) groups is 1. The molecule has 1 aromatic carbocycles. The minimum Gasteiger partial charge on any atom is -0.411 e. The lowest BCUT2D eigenvalue weighted by Crippen LogP contribution is -2.44. The van der Waals surface area contributed by atoms with Gasteiger partial charge < -0.3 is 10.1 Å². The Hall–Kier alpha value is -1.91. The van der Waals surface area contributed by atoms with Crippen LogP contribution < -0.4 is 0 Å². The van der Waals surface area contributed by atoms with Crippen molar-refractivity contribution in [3.8, 4) is 0 Å². The summed E-state index contributed by atoms with van der Waals surface area (Å²) in [5.41, 5.74) is 1.93. The Labute approximate surface area is 117 Å². The molecule has 108 valence electrons. The molecule has 1 unspecified atom stereocenters. The first-order chi connectivity index (χ1) is 9.56. The highest BCUT2D eigenvalue weighted by Gasteiger charge is 2.28. The molecule has 5 heteroatoms. The van der Waals surface area contributed by atoms with Crippen LogP contribution in [0.25, 0.3) is 0 Å². The monoisotopic (exact) mass is 278 g/mol. The predicted octanol–water partition coefficient (Wildman–Crippen LogP) is 2.84. The molecule has 4 nitrogen and oxygen atoms in total. The number of hydrogen-bond acceptors (Lipinski definition) is 3. The fourth-order valence-corrected chi connectivity index (χ4v) is 2.63. The van der Waals surface area contributed by atoms with Crippen molar-refractivity contribution < 1.29 is 14.4 Å². The van der Waals surface area contributed by atoms with Gasteiger partial charge in [0.2, 0.25) is 0 Å². The summed E-state index contributed by atoms with van der Waals surface area (Å²) in [6.07, 6.45) is 1.41. The zero-order valence-electron chi connectivity index (χ0n) is 11.8. The van der Waals surface area contributed by atoms with Crippen LogP contribution in [0.1, 0.15) is 35.7 Å². The number of benzene rings is 1. The highest BCUT2D eigenvalue weighted by atomic mass is 19.1. The topological polar surface area (TPSA) is 52.9 Å². The van der Waals surface area contributed by atoms with Crippen molar-refractivity contribution in [2.24, 2.45) is 11.1 Å². The van der Waals surface area contributed by atoms with E-state index in [1.807, 2.05) is 6.92 Å². The average molecular weight is 278 g/mol. The number of carbonyl (C=O) groups excluding carboxylic acids is 1. The number of rotatable bonds is 2. The van der Waals surface area contributed by atoms with Crippen molar-refractivity contribution >= 4 is 11.6 Å². The van der Waals surface area contributed by atoms with E-state index in [1.54, 1.807) is 11.8 Å². The highest BCUT2D eigenvalue weighted by molar-refractivity contribution is 5.97. The van der Waals surface area contributed by atoms with Gasteiger partial charge >= 0.3 is 0 Å². The van der Waals surface area contributed by atoms with Crippen molar-refractivity contribution in [3.63, 3.8) is 0 Å². The first kappa shape index (κ1) is 14.5. The first-order valence-corrected chi connectivity index (χ1v) is 6.83. The summed E-state index contributed by atoms with van der Waals surface area (Å²) < 4.78 is 13.1. The zero-order valence-corrected chi connectivity index (χ0v) is 11.8. The molecule has 0 saturated carbocycles. The Morgan fingerprint density at radius 2 is 2.30 bits per heavy atom. The van der Waals surface area contributed by atoms with Crippen molar-refractivity contribution in [2.45, 2.75) is 26.7 Å². The number of halogens is 1. The van der Waals surface area contributed by atoms with Gasteiger partial charge in [-0.1, -0.05) is 12.1 Å². The van der Waals surface area contributed by atoms with Gasteiger partial charge in [-0.3, -0.25) is 4.79 Å². The number of nitrogens with zero attached hydrogens (tertiary/aromatic N) is 2. The molecule has 1 saturated heterocycles. The molecule has 1 fully saturated rings. The fraction of sp³-hybridized carbons (Fsp3) is 0.467. The Bertz CT molecular complexity index is 543. The molecule has 20 heavy (non-hydrogen) atoms. The van der Waals surface area contributed by atoms with E-state index >= 15 is 0 Å². The van der Waals surface area contributed by atoms with Gasteiger partial charge in [0, 0.05) is 31.0 Å². The molecule has 1 heterocycles. The predicted molar refractivity (Wildman–Crippen MR) is 74.7 cm³/mol. The molecule has 1 aromatic rings. The molecule has 1 amide bonds. The molecule has 0 spiro atoms. The van der Waals surface area contributed by atoms with Crippen LogP contribution in [0.2, 0.25) is 0 Å². The van der Waals surface area contributed by atoms with Gasteiger partial charge in [0.05, 0.1) is 5.71 Å². The van der Waals surface area contributed by atoms with E-state index in [2.05, 4.69) is 5.16 Å². The lowest BCUT2D eigenvalue weighted by Gasteiger charge is -2.33. The van der Waals surface area contributed by atoms with Crippen molar-refractivity contribution in [3.05, 3.63) is 35.1 Å². The molecule has 0 aliphatic carbocycles. The van der Waals surface area contributed by atoms with Crippen LogP contribution in [0.3, 0.4) is 0 Å². The van der Waals surface area contributed by atoms with Gasteiger partial charge in [0.1, 0.15) is 5.82 Å². The van der Waals surface area contributed by atoms with Gasteiger partial charge in [-0.15, -0.1) is 0 Å². The van der Waals surface area contributed by atoms with Crippen molar-refractivity contribution in [1.82, 2.24) is 4.90 Å². The van der Waals surface area contributed by atoms with Crippen LogP contribution in [-0.4, -0.2) is 34.8 Å². The van der Waals surface area contributed by atoms with E-state index < -0.39 is 0 Å². The molecule has 1 aliphatic rings. The van der Waals surface area contributed by atoms with Crippen molar-refractivity contribution in [2.75, 3.05) is 13.1 Å². The number of hydrogen-bond donors (Lipinski definition) is 1. The number of aryl methyl sites for hydroxylation is 1. The lowest BCUT2D eigenvalue weighted by molar-refractivity contribution is 0.0728. The van der Waals surface area contributed by atoms with Gasteiger partial charge in [0.25, 0.3) is 5.91 Å². The molecule has 0 bridgehead atoms. The second kappa shape index (κ2) is 6.03. The normalized spacial score (nSPS) is 21.2. The molecule has 1 aliphatic heterocycles. The van der Waals surface area contributed by atoms with Gasteiger partial charge in [-0.05, 0) is 37.1 Å². The van der Waals surface area contributed by atoms with Gasteiger partial charge in [0.15, 0.2) is 0 Å². The summed E-state index contributed by atoms with van der Waals surface area (Å²) in [5, 5.41) is 12.3. The van der Waals surface area contributed by atoms with Crippen LogP contribution in [0.5, 0.6) is 0 Å². The molecule has 0 radical (unpaired) electrons. The summed E-state index contributed by atoms with van der Waals surface area (Å²) in [4.78, 5) is 14.2. The second-order valence-corrected chi connectivity index (χ2v) is 5.16. The van der Waals surface area contributed by atoms with E-state index in [0.717, 1.165) is 12.1 Å². The Morgan fingerprint density at radius 3 is 2.90 bits per heavy atom. The maximum absolute atomic E-state index is 13.1. The zero-order chi connectivity index (χ0) is 14.7. The van der Waals surface area contributed by atoms with E-state index in [0.29, 0.717) is 30.6 Å². The minimum atomic E-state index is -0.334. The number of oxime groups is 1. The minimum absolute atomic E-state index is 0.0852. The van der Waals surface area contributed by atoms with E-state index in [4.69, 9.17) is 5.21 Å². The number of amides is 1. The van der Waals surface area contributed by atoms with Gasteiger partial charge in [-0.2, -0.15) is 0 Å². The third-order valence-corrected chi connectivity index (χ3v) is 3.88. The largest absolute Gasteiger partial charge is 0.411 e. The summed E-state index contributed by atoms with van der Waals surface area (Å²) >= 11 is 0. The average Bonchev–Trinajstić information content (AvgIpc) is 2.45. The highest BCUT2D eigenvalue weighted by Crippen LogP contribution is 2.21. The third-order valence-electron chi connectivity index (χ3n) is 3.88. The quantitative estimate of drug-likeness (QED) is 0.668. The van der Waals surface area contributed by atoms with E-state index in [9.17, 15) is 9.18 Å². The molecular weight excluding hydrogens is 259 g/mol. The summed E-state index contributed by atoms with van der Waals surface area (Å²) in [7, 11) is 0. The SMILES string of the molecule is CCC1CN(C(=O)c2ccc(F)cc2C)CC/C1=N\O. The number of piperidine rings is 1. The Balaban J connectivity index is 2.18. The summed E-state index contributed by atoms with van der Waals surface area (Å²) in [5.74, 6) is -0.324. The fourth-order valence-electron chi connectivity index (χ4n) is 2.63.